The van der Waals surface area contributed by atoms with Crippen LogP contribution in [0.4, 0.5) is 0 Å². The number of imidazole rings is 1. The number of hydrogen-bond acceptors (Lipinski definition) is 4. The molecule has 2 heterocycles. The van der Waals surface area contributed by atoms with Crippen molar-refractivity contribution in [2.45, 2.75) is 27.0 Å². The molecule has 0 radical (unpaired) electrons. The molecule has 0 saturated heterocycles. The van der Waals surface area contributed by atoms with Crippen LogP contribution in [0.2, 0.25) is 0 Å². The number of fused-ring (bicyclic) bond motifs is 1. The second-order valence-electron chi connectivity index (χ2n) is 7.86. The Bertz CT molecular complexity index is 1200. The fourth-order valence-corrected chi connectivity index (χ4v) is 3.98. The Kier molecular flexibility index (Phi) is 4.52. The molecule has 2 aliphatic rings. The molecule has 0 spiro atoms. The van der Waals surface area contributed by atoms with Gasteiger partial charge in [0.1, 0.15) is 18.2 Å². The molecule has 5 heteroatoms. The first-order valence-electron chi connectivity index (χ1n) is 10.1. The summed E-state index contributed by atoms with van der Waals surface area (Å²) in [7, 11) is 0. The lowest BCUT2D eigenvalue weighted by Crippen LogP contribution is -2.28. The fraction of sp³-hybridized carbons (Fsp3) is 0.160. The molecule has 1 aliphatic heterocycles. The number of ether oxygens (including phenoxy) is 1. The van der Waals surface area contributed by atoms with Gasteiger partial charge in [0.2, 0.25) is 0 Å². The Morgan fingerprint density at radius 1 is 1.07 bits per heavy atom. The molecule has 150 valence electrons. The van der Waals surface area contributed by atoms with Crippen LogP contribution in [0.5, 0.6) is 5.75 Å². The molecule has 5 rings (SSSR count). The average molecular weight is 396 g/mol. The second kappa shape index (κ2) is 7.35. The zero-order chi connectivity index (χ0) is 20.7. The normalized spacial score (nSPS) is 14.4. The Morgan fingerprint density at radius 3 is 2.60 bits per heavy atom. The van der Waals surface area contributed by atoms with Gasteiger partial charge in [-0.2, -0.15) is 0 Å². The van der Waals surface area contributed by atoms with Crippen molar-refractivity contribution >= 4 is 11.8 Å². The summed E-state index contributed by atoms with van der Waals surface area (Å²) in [4.78, 5) is 4.96. The van der Waals surface area contributed by atoms with E-state index >= 15 is 0 Å². The largest absolute Gasteiger partial charge is 0.489 e. The maximum Gasteiger partial charge on any atom is 0.145 e. The van der Waals surface area contributed by atoms with Crippen LogP contribution in [0, 0.1) is 13.8 Å². The van der Waals surface area contributed by atoms with Crippen molar-refractivity contribution in [3.05, 3.63) is 95.0 Å². The molecule has 1 aliphatic carbocycles. The Labute approximate surface area is 176 Å². The van der Waals surface area contributed by atoms with Crippen LogP contribution in [0.3, 0.4) is 0 Å². The van der Waals surface area contributed by atoms with E-state index in [1.165, 1.54) is 16.7 Å². The fourth-order valence-electron chi connectivity index (χ4n) is 3.98. The van der Waals surface area contributed by atoms with Crippen molar-refractivity contribution in [3.8, 4) is 17.1 Å². The van der Waals surface area contributed by atoms with Crippen molar-refractivity contribution in [3.63, 3.8) is 0 Å². The van der Waals surface area contributed by atoms with E-state index in [1.807, 2.05) is 30.6 Å². The van der Waals surface area contributed by atoms with Crippen LogP contribution in [-0.4, -0.2) is 14.6 Å². The summed E-state index contributed by atoms with van der Waals surface area (Å²) < 4.78 is 8.23. The van der Waals surface area contributed by atoms with Crippen LogP contribution in [0.25, 0.3) is 23.2 Å². The van der Waals surface area contributed by atoms with Gasteiger partial charge in [-0.3, -0.25) is 4.57 Å². The molecule has 2 N–H and O–H groups in total. The van der Waals surface area contributed by atoms with Gasteiger partial charge in [-0.05, 0) is 31.5 Å². The maximum absolute atomic E-state index is 6.11. The topological polar surface area (TPSA) is 56.3 Å². The molecule has 0 unspecified atom stereocenters. The van der Waals surface area contributed by atoms with E-state index in [-0.39, 0.29) is 0 Å². The van der Waals surface area contributed by atoms with Crippen LogP contribution in [-0.2, 0) is 13.2 Å². The second-order valence-corrected chi connectivity index (χ2v) is 7.86. The number of nitrogens with zero attached hydrogens (tertiary/aromatic N) is 3. The first kappa shape index (κ1) is 18.5. The molecular formula is C25H24N4O. The number of aryl methyl sites for hydroxylation is 2. The maximum atomic E-state index is 6.11. The van der Waals surface area contributed by atoms with Gasteiger partial charge in [-0.1, -0.05) is 59.7 Å². The Balaban J connectivity index is 1.45. The van der Waals surface area contributed by atoms with E-state index in [2.05, 4.69) is 60.9 Å². The number of nitrogens with two attached hydrogens (primary N) is 1. The molecule has 2 aromatic carbocycles. The van der Waals surface area contributed by atoms with Gasteiger partial charge < -0.3 is 9.75 Å². The van der Waals surface area contributed by atoms with Crippen LogP contribution < -0.4 is 10.6 Å². The minimum atomic E-state index is 0.538. The number of allylic oxidation sites excluding steroid dienone is 4. The van der Waals surface area contributed by atoms with E-state index in [0.717, 1.165) is 34.1 Å². The van der Waals surface area contributed by atoms with E-state index in [9.17, 15) is 0 Å². The molecule has 0 fully saturated rings. The predicted molar refractivity (Wildman–Crippen MR) is 120 cm³/mol. The molecule has 0 amide bonds. The molecule has 0 saturated carbocycles. The van der Waals surface area contributed by atoms with Gasteiger partial charge in [0.05, 0.1) is 17.9 Å². The lowest BCUT2D eigenvalue weighted by Gasteiger charge is -2.21. The van der Waals surface area contributed by atoms with E-state index < -0.39 is 0 Å². The zero-order valence-corrected chi connectivity index (χ0v) is 17.2. The lowest BCUT2D eigenvalue weighted by molar-refractivity contribution is 0.306. The summed E-state index contributed by atoms with van der Waals surface area (Å²) in [6.45, 7) is 5.38. The minimum Gasteiger partial charge on any atom is -0.489 e. The summed E-state index contributed by atoms with van der Waals surface area (Å²) in [6, 6.07) is 14.6. The number of rotatable bonds is 5. The summed E-state index contributed by atoms with van der Waals surface area (Å²) >= 11 is 0. The highest BCUT2D eigenvalue weighted by Gasteiger charge is 2.23. The average Bonchev–Trinajstić information content (AvgIpc) is 3.03. The SMILES string of the molecule is Cc1cc(C)cc(COc2cccc(-c3nc(C4=CC=C4)c4n3C=CN(N)C4)c2)c1. The first-order valence-corrected chi connectivity index (χ1v) is 10.1. The summed E-state index contributed by atoms with van der Waals surface area (Å²) in [5, 5.41) is 1.68. The predicted octanol–water partition coefficient (Wildman–Crippen LogP) is 4.82. The van der Waals surface area contributed by atoms with Crippen molar-refractivity contribution in [1.29, 1.82) is 0 Å². The first-order chi connectivity index (χ1) is 14.6. The van der Waals surface area contributed by atoms with E-state index in [0.29, 0.717) is 13.2 Å². The third kappa shape index (κ3) is 3.44. The molecule has 1 aromatic heterocycles. The molecule has 3 aromatic rings. The van der Waals surface area contributed by atoms with Gasteiger partial charge in [0, 0.05) is 23.5 Å². The molecule has 0 bridgehead atoms. The highest BCUT2D eigenvalue weighted by atomic mass is 16.5. The van der Waals surface area contributed by atoms with Crippen LogP contribution >= 0.6 is 0 Å². The van der Waals surface area contributed by atoms with E-state index in [4.69, 9.17) is 15.6 Å². The number of benzene rings is 2. The highest BCUT2D eigenvalue weighted by Crippen LogP contribution is 2.33. The Morgan fingerprint density at radius 2 is 1.87 bits per heavy atom. The Hall–Kier alpha value is -3.57. The number of hydrazine groups is 1. The van der Waals surface area contributed by atoms with Gasteiger partial charge in [-0.25, -0.2) is 10.8 Å². The third-order valence-corrected chi connectivity index (χ3v) is 5.35. The highest BCUT2D eigenvalue weighted by molar-refractivity contribution is 5.82. The quantitative estimate of drug-likeness (QED) is 0.629. The van der Waals surface area contributed by atoms with Crippen molar-refractivity contribution < 1.29 is 4.74 Å². The molecule has 30 heavy (non-hydrogen) atoms. The van der Waals surface area contributed by atoms with Crippen molar-refractivity contribution in [2.75, 3.05) is 0 Å². The number of aromatic nitrogens is 2. The molecular weight excluding hydrogens is 372 g/mol. The van der Waals surface area contributed by atoms with Gasteiger partial charge >= 0.3 is 0 Å². The monoisotopic (exact) mass is 396 g/mol. The third-order valence-electron chi connectivity index (χ3n) is 5.35. The number of hydrogen-bond donors (Lipinski definition) is 1. The molecule has 0 atom stereocenters. The summed E-state index contributed by atoms with van der Waals surface area (Å²) in [6.07, 6.45) is 10.0. The van der Waals surface area contributed by atoms with Gasteiger partial charge in [0.15, 0.2) is 0 Å². The van der Waals surface area contributed by atoms with Crippen molar-refractivity contribution in [1.82, 2.24) is 14.6 Å². The standard InChI is InChI=1S/C25H24N4O/c1-17-11-18(2)13-19(12-17)16-30-22-8-4-7-21(14-22)25-27-24(20-5-3-6-20)23-15-28(26)9-10-29(23)25/h3-14H,15-16,26H2,1-2H3. The molecule has 5 nitrogen and oxygen atoms in total. The van der Waals surface area contributed by atoms with Crippen LogP contribution in [0.15, 0.2) is 66.9 Å². The van der Waals surface area contributed by atoms with Gasteiger partial charge in [-0.15, -0.1) is 0 Å². The van der Waals surface area contributed by atoms with Crippen LogP contribution in [0.1, 0.15) is 28.1 Å². The smallest absolute Gasteiger partial charge is 0.145 e. The van der Waals surface area contributed by atoms with E-state index in [1.54, 1.807) is 5.01 Å². The van der Waals surface area contributed by atoms with Gasteiger partial charge in [0.25, 0.3) is 0 Å². The summed E-state index contributed by atoms with van der Waals surface area (Å²) in [5.74, 6) is 7.73. The minimum absolute atomic E-state index is 0.538. The summed E-state index contributed by atoms with van der Waals surface area (Å²) in [5.41, 5.74) is 7.89. The van der Waals surface area contributed by atoms with Crippen molar-refractivity contribution in [2.24, 2.45) is 5.84 Å². The lowest BCUT2D eigenvalue weighted by atomic mass is 10.0. The zero-order valence-electron chi connectivity index (χ0n) is 17.2.